The monoisotopic (exact) mass is 690 g/mol. The maximum Gasteiger partial charge on any atom is 0.247 e. The first-order valence-electron chi connectivity index (χ1n) is 15.2. The molecule has 50 heavy (non-hydrogen) atoms. The predicted octanol–water partition coefficient (Wildman–Crippen LogP) is 9.33. The predicted molar refractivity (Wildman–Crippen MR) is 196 cm³/mol. The summed E-state index contributed by atoms with van der Waals surface area (Å²) in [7, 11) is 0. The number of fused-ring (bicyclic) bond motifs is 2. The molecule has 2 N–H and O–H groups in total. The van der Waals surface area contributed by atoms with Crippen LogP contribution in [0.4, 0.5) is 23.3 Å². The Morgan fingerprint density at radius 3 is 1.24 bits per heavy atom. The van der Waals surface area contributed by atoms with Crippen LogP contribution in [0.25, 0.3) is 33.5 Å². The Bertz CT molecular complexity index is 2340. The van der Waals surface area contributed by atoms with Crippen molar-refractivity contribution in [2.24, 2.45) is 0 Å². The summed E-state index contributed by atoms with van der Waals surface area (Å²) < 4.78 is 3.20. The molecule has 10 nitrogen and oxygen atoms in total. The van der Waals surface area contributed by atoms with Crippen LogP contribution in [0.15, 0.2) is 134 Å². The van der Waals surface area contributed by atoms with E-state index >= 15 is 0 Å². The summed E-state index contributed by atoms with van der Waals surface area (Å²) in [5, 5.41) is 35.7. The lowest BCUT2D eigenvalue weighted by molar-refractivity contribution is 0.964. The van der Waals surface area contributed by atoms with Gasteiger partial charge in [0.25, 0.3) is 0 Å². The van der Waals surface area contributed by atoms with Crippen LogP contribution >= 0.6 is 23.2 Å². The molecule has 4 aromatic heterocycles. The standard InChI is InChI=1S/2C19H12ClN5/c2*20-14-8-6-13(7-9-14)16-10-11-25-18(17(16)12-21)23-19(24-25)22-15-4-2-1-3-5-15/h2*1-11H,(H,22,24). The molecule has 0 spiro atoms. The molecule has 0 radical (unpaired) electrons. The van der Waals surface area contributed by atoms with Crippen LogP contribution in [-0.2, 0) is 0 Å². The number of hydrogen-bond acceptors (Lipinski definition) is 8. The van der Waals surface area contributed by atoms with Gasteiger partial charge >= 0.3 is 0 Å². The van der Waals surface area contributed by atoms with Gasteiger partial charge in [0.1, 0.15) is 23.3 Å². The summed E-state index contributed by atoms with van der Waals surface area (Å²) in [5.41, 5.74) is 7.13. The van der Waals surface area contributed by atoms with Crippen LogP contribution < -0.4 is 10.6 Å². The van der Waals surface area contributed by atoms with Crippen LogP contribution in [0.3, 0.4) is 0 Å². The minimum absolute atomic E-state index is 0.441. The molecule has 0 amide bonds. The van der Waals surface area contributed by atoms with Crippen molar-refractivity contribution < 1.29 is 0 Å². The molecule has 8 rings (SSSR count). The Hall–Kier alpha value is -6.72. The number of para-hydroxylation sites is 2. The van der Waals surface area contributed by atoms with Crippen molar-refractivity contribution in [3.05, 3.63) is 155 Å². The number of rotatable bonds is 6. The van der Waals surface area contributed by atoms with Gasteiger partial charge in [0.15, 0.2) is 11.3 Å². The fourth-order valence-electron chi connectivity index (χ4n) is 5.26. The summed E-state index contributed by atoms with van der Waals surface area (Å²) in [6, 6.07) is 42.2. The first-order valence-corrected chi connectivity index (χ1v) is 16.0. The molecule has 12 heteroatoms. The molecule has 0 saturated heterocycles. The summed E-state index contributed by atoms with van der Waals surface area (Å²) >= 11 is 11.9. The van der Waals surface area contributed by atoms with E-state index in [2.05, 4.69) is 42.9 Å². The Morgan fingerprint density at radius 1 is 0.500 bits per heavy atom. The van der Waals surface area contributed by atoms with Crippen molar-refractivity contribution in [1.82, 2.24) is 29.2 Å². The van der Waals surface area contributed by atoms with E-state index in [0.717, 1.165) is 33.6 Å². The number of hydrogen-bond donors (Lipinski definition) is 2. The second kappa shape index (κ2) is 14.2. The van der Waals surface area contributed by atoms with Gasteiger partial charge in [-0.2, -0.15) is 20.5 Å². The Labute approximate surface area is 296 Å². The van der Waals surface area contributed by atoms with E-state index in [-0.39, 0.29) is 0 Å². The van der Waals surface area contributed by atoms with Crippen LogP contribution in [-0.4, -0.2) is 29.2 Å². The number of benzene rings is 4. The number of nitrogens with zero attached hydrogens (tertiary/aromatic N) is 8. The molecule has 0 aliphatic carbocycles. The zero-order chi connectivity index (χ0) is 34.5. The van der Waals surface area contributed by atoms with Gasteiger partial charge in [0.2, 0.25) is 11.9 Å². The van der Waals surface area contributed by atoms with Gasteiger partial charge < -0.3 is 10.6 Å². The number of anilines is 4. The minimum atomic E-state index is 0.441. The van der Waals surface area contributed by atoms with E-state index in [1.807, 2.05) is 97.1 Å². The summed E-state index contributed by atoms with van der Waals surface area (Å²) in [6.45, 7) is 0. The van der Waals surface area contributed by atoms with Gasteiger partial charge in [0, 0.05) is 44.9 Å². The smallest absolute Gasteiger partial charge is 0.247 e. The fourth-order valence-corrected chi connectivity index (χ4v) is 5.51. The molecule has 4 aromatic carbocycles. The van der Waals surface area contributed by atoms with Gasteiger partial charge in [-0.15, -0.1) is 10.2 Å². The van der Waals surface area contributed by atoms with Crippen LogP contribution in [0.1, 0.15) is 11.1 Å². The van der Waals surface area contributed by atoms with E-state index < -0.39 is 0 Å². The molecule has 8 aromatic rings. The highest BCUT2D eigenvalue weighted by Crippen LogP contribution is 2.29. The molecule has 0 atom stereocenters. The molecule has 0 aliphatic heterocycles. The Kier molecular flexibility index (Phi) is 9.03. The second-order valence-corrected chi connectivity index (χ2v) is 11.7. The molecule has 0 aliphatic rings. The molecule has 0 unspecified atom stereocenters. The number of aromatic nitrogens is 6. The lowest BCUT2D eigenvalue weighted by atomic mass is 10.0. The van der Waals surface area contributed by atoms with Gasteiger partial charge in [-0.1, -0.05) is 83.9 Å². The maximum absolute atomic E-state index is 9.65. The first kappa shape index (κ1) is 31.9. The van der Waals surface area contributed by atoms with Crippen molar-refractivity contribution in [1.29, 1.82) is 10.5 Å². The quantitative estimate of drug-likeness (QED) is 0.176. The van der Waals surface area contributed by atoms with Crippen molar-refractivity contribution in [3.63, 3.8) is 0 Å². The van der Waals surface area contributed by atoms with Crippen molar-refractivity contribution in [2.45, 2.75) is 0 Å². The lowest BCUT2D eigenvalue weighted by Crippen LogP contribution is -1.94. The van der Waals surface area contributed by atoms with Gasteiger partial charge in [-0.25, -0.2) is 9.03 Å². The van der Waals surface area contributed by atoms with Crippen LogP contribution in [0.5, 0.6) is 0 Å². The van der Waals surface area contributed by atoms with E-state index in [1.54, 1.807) is 45.7 Å². The highest BCUT2D eigenvalue weighted by molar-refractivity contribution is 6.31. The highest BCUT2D eigenvalue weighted by Gasteiger charge is 2.15. The zero-order valence-corrected chi connectivity index (χ0v) is 27.5. The molecule has 0 saturated carbocycles. The zero-order valence-electron chi connectivity index (χ0n) is 26.0. The fraction of sp³-hybridized carbons (Fsp3) is 0. The molecule has 0 fully saturated rings. The molecule has 240 valence electrons. The number of halogens is 2. The Morgan fingerprint density at radius 2 is 0.880 bits per heavy atom. The third kappa shape index (κ3) is 6.80. The third-order valence-corrected chi connectivity index (χ3v) is 8.11. The number of nitriles is 2. The van der Waals surface area contributed by atoms with Crippen molar-refractivity contribution in [3.8, 4) is 34.4 Å². The number of pyridine rings is 2. The molecular weight excluding hydrogens is 667 g/mol. The normalized spacial score (nSPS) is 10.6. The van der Waals surface area contributed by atoms with Crippen LogP contribution in [0.2, 0.25) is 10.0 Å². The summed E-state index contributed by atoms with van der Waals surface area (Å²) in [6.07, 6.45) is 3.59. The van der Waals surface area contributed by atoms with Gasteiger partial charge in [0.05, 0.1) is 0 Å². The van der Waals surface area contributed by atoms with E-state index in [9.17, 15) is 10.5 Å². The average Bonchev–Trinajstić information content (AvgIpc) is 3.76. The first-order chi connectivity index (χ1) is 24.5. The SMILES string of the molecule is N#Cc1c(-c2ccc(Cl)cc2)ccn2nc(Nc3ccccc3)nc12.N#Cc1c(-c2ccc(Cl)cc2)ccn2nc(Nc3ccccc3)nc12. The van der Waals surface area contributed by atoms with Gasteiger partial charge in [-0.3, -0.25) is 0 Å². The molecule has 0 bridgehead atoms. The second-order valence-electron chi connectivity index (χ2n) is 10.8. The molecule has 4 heterocycles. The number of nitrogens with one attached hydrogen (secondary N) is 2. The lowest BCUT2D eigenvalue weighted by Gasteiger charge is -2.05. The summed E-state index contributed by atoms with van der Waals surface area (Å²) in [4.78, 5) is 8.95. The largest absolute Gasteiger partial charge is 0.323 e. The van der Waals surface area contributed by atoms with Crippen molar-refractivity contribution in [2.75, 3.05) is 10.6 Å². The van der Waals surface area contributed by atoms with Gasteiger partial charge in [-0.05, 0) is 71.8 Å². The Balaban J connectivity index is 0.000000157. The molecular formula is C38H24Cl2N10. The topological polar surface area (TPSA) is 132 Å². The summed E-state index contributed by atoms with van der Waals surface area (Å²) in [5.74, 6) is 0.881. The van der Waals surface area contributed by atoms with E-state index in [0.29, 0.717) is 44.4 Å². The third-order valence-electron chi connectivity index (χ3n) is 7.61. The van der Waals surface area contributed by atoms with Crippen molar-refractivity contribution >= 4 is 57.8 Å². The highest BCUT2D eigenvalue weighted by atomic mass is 35.5. The van der Waals surface area contributed by atoms with E-state index in [4.69, 9.17) is 23.2 Å². The van der Waals surface area contributed by atoms with E-state index in [1.165, 1.54) is 0 Å². The van der Waals surface area contributed by atoms with Crippen LogP contribution in [0, 0.1) is 22.7 Å². The minimum Gasteiger partial charge on any atom is -0.323 e. The average molecular weight is 692 g/mol. The maximum atomic E-state index is 9.65.